The number of benzene rings is 3. The maximum Gasteiger partial charge on any atom is 0.411 e. The Bertz CT molecular complexity index is 2220. The van der Waals surface area contributed by atoms with Gasteiger partial charge in [0.25, 0.3) is 0 Å². The number of hydrogen-bond acceptors (Lipinski definition) is 7. The number of H-pyrrole nitrogens is 2. The van der Waals surface area contributed by atoms with Crippen molar-refractivity contribution in [2.75, 3.05) is 13.7 Å². The third-order valence-corrected chi connectivity index (χ3v) is 11.3. The summed E-state index contributed by atoms with van der Waals surface area (Å²) in [5.74, 6) is 1.72. The summed E-state index contributed by atoms with van der Waals surface area (Å²) in [5.41, 5.74) is 5.37. The SMILES string of the molecule is COC(=O)N[C@H](C(=O)N1CCC[C@H]1c1nc2ccc3cc(-c4ccc(-c5cnc([C@@H]6[C@H]7CC[C@H](C7)N6C(=O)OC(C)(C)C)[nH]5)cc4)ccc3c2[nH]1)C(C)C. The number of aromatic amines is 2. The van der Waals surface area contributed by atoms with Crippen molar-refractivity contribution in [3.8, 4) is 22.4 Å². The molecule has 4 heterocycles. The van der Waals surface area contributed by atoms with Crippen molar-refractivity contribution >= 4 is 39.9 Å². The molecule has 3 N–H and O–H groups in total. The van der Waals surface area contributed by atoms with Crippen molar-refractivity contribution in [2.45, 2.75) is 96.5 Å². The number of ether oxygens (including phenoxy) is 2. The summed E-state index contributed by atoms with van der Waals surface area (Å²) in [6.07, 6.45) is 5.73. The van der Waals surface area contributed by atoms with Crippen LogP contribution in [0.1, 0.15) is 90.5 Å². The number of nitrogens with zero attached hydrogens (tertiary/aromatic N) is 4. The number of carbonyl (C=O) groups excluding carboxylic acids is 3. The van der Waals surface area contributed by atoms with E-state index in [0.717, 1.165) is 87.9 Å². The van der Waals surface area contributed by atoms with Crippen LogP contribution in [0, 0.1) is 11.8 Å². The van der Waals surface area contributed by atoms with Crippen molar-refractivity contribution in [1.82, 2.24) is 35.1 Å². The van der Waals surface area contributed by atoms with Crippen LogP contribution < -0.4 is 5.32 Å². The molecule has 8 rings (SSSR count). The fourth-order valence-electron chi connectivity index (χ4n) is 8.75. The molecule has 12 heteroatoms. The lowest BCUT2D eigenvalue weighted by molar-refractivity contribution is -0.135. The smallest absolute Gasteiger partial charge is 0.411 e. The molecule has 282 valence electrons. The molecule has 5 atom stereocenters. The van der Waals surface area contributed by atoms with Crippen LogP contribution in [-0.2, 0) is 14.3 Å². The minimum absolute atomic E-state index is 0.100. The van der Waals surface area contributed by atoms with Crippen molar-refractivity contribution in [3.05, 3.63) is 72.4 Å². The Labute approximate surface area is 315 Å². The van der Waals surface area contributed by atoms with Crippen LogP contribution in [0.4, 0.5) is 9.59 Å². The number of likely N-dealkylation sites (tertiary alicyclic amines) is 2. The van der Waals surface area contributed by atoms with Gasteiger partial charge >= 0.3 is 12.2 Å². The molecule has 3 amide bonds. The summed E-state index contributed by atoms with van der Waals surface area (Å²) in [6.45, 7) is 10.1. The van der Waals surface area contributed by atoms with E-state index in [4.69, 9.17) is 19.4 Å². The van der Waals surface area contributed by atoms with E-state index in [9.17, 15) is 14.4 Å². The zero-order valence-electron chi connectivity index (χ0n) is 31.8. The van der Waals surface area contributed by atoms with Crippen LogP contribution in [0.5, 0.6) is 0 Å². The summed E-state index contributed by atoms with van der Waals surface area (Å²) in [5, 5.41) is 4.86. The van der Waals surface area contributed by atoms with E-state index in [0.29, 0.717) is 12.5 Å². The minimum Gasteiger partial charge on any atom is -0.453 e. The van der Waals surface area contributed by atoms with Crippen LogP contribution in [0.3, 0.4) is 0 Å². The van der Waals surface area contributed by atoms with Gasteiger partial charge in [-0.15, -0.1) is 0 Å². The van der Waals surface area contributed by atoms with Gasteiger partial charge in [-0.2, -0.15) is 0 Å². The number of fused-ring (bicyclic) bond motifs is 5. The average Bonchev–Trinajstić information content (AvgIpc) is 4.00. The number of amides is 3. The zero-order valence-corrected chi connectivity index (χ0v) is 31.8. The number of aromatic nitrogens is 4. The molecule has 2 aliphatic heterocycles. The van der Waals surface area contributed by atoms with Gasteiger partial charge in [0, 0.05) is 18.0 Å². The van der Waals surface area contributed by atoms with Crippen molar-refractivity contribution < 1.29 is 23.9 Å². The molecule has 0 spiro atoms. The van der Waals surface area contributed by atoms with Gasteiger partial charge in [0.05, 0.1) is 42.1 Å². The Morgan fingerprint density at radius 2 is 1.69 bits per heavy atom. The molecular formula is C42H49N7O5. The third-order valence-electron chi connectivity index (χ3n) is 11.3. The maximum absolute atomic E-state index is 13.7. The molecule has 54 heavy (non-hydrogen) atoms. The molecular weight excluding hydrogens is 683 g/mol. The van der Waals surface area contributed by atoms with Gasteiger partial charge in [-0.1, -0.05) is 56.3 Å². The number of carbonyl (C=O) groups is 3. The van der Waals surface area contributed by atoms with Crippen LogP contribution in [0.25, 0.3) is 44.2 Å². The minimum atomic E-state index is -0.684. The molecule has 12 nitrogen and oxygen atoms in total. The summed E-state index contributed by atoms with van der Waals surface area (Å²) in [4.78, 5) is 59.5. The van der Waals surface area contributed by atoms with E-state index in [-0.39, 0.29) is 36.0 Å². The fourth-order valence-corrected chi connectivity index (χ4v) is 8.75. The quantitative estimate of drug-likeness (QED) is 0.153. The summed E-state index contributed by atoms with van der Waals surface area (Å²) < 4.78 is 10.6. The first-order valence-electron chi connectivity index (χ1n) is 19.1. The van der Waals surface area contributed by atoms with E-state index in [1.54, 1.807) is 0 Å². The number of imidazole rings is 2. The molecule has 2 bridgehead atoms. The summed E-state index contributed by atoms with van der Waals surface area (Å²) in [6, 6.07) is 18.2. The van der Waals surface area contributed by atoms with Gasteiger partial charge < -0.3 is 29.7 Å². The first kappa shape index (κ1) is 35.6. The molecule has 1 aliphatic carbocycles. The molecule has 2 aromatic heterocycles. The van der Waals surface area contributed by atoms with Gasteiger partial charge in [-0.05, 0) is 98.9 Å². The standard InChI is InChI=1S/C42H49N7O5/c1-23(2)34(47-40(51)53-6)39(50)48-19-7-8-33(48)37-44-31-18-15-27-20-26(14-17-30(27)35(31)46-37)24-9-11-25(12-10-24)32-22-43-38(45-32)36-28-13-16-29(21-28)49(36)41(52)54-42(3,4)5/h9-12,14-15,17-18,20,22-23,28-29,33-34,36H,7-8,13,16,19,21H2,1-6H3,(H,43,45)(H,44,46)(H,47,51)/t28-,29+,33-,34-,36-/m0/s1. The Kier molecular flexibility index (Phi) is 9.10. The van der Waals surface area contributed by atoms with Crippen molar-refractivity contribution in [2.24, 2.45) is 11.8 Å². The van der Waals surface area contributed by atoms with E-state index >= 15 is 0 Å². The van der Waals surface area contributed by atoms with Gasteiger partial charge in [-0.25, -0.2) is 19.6 Å². The van der Waals surface area contributed by atoms with Gasteiger partial charge in [0.1, 0.15) is 23.3 Å². The lowest BCUT2D eigenvalue weighted by atomic mass is 9.98. The molecule has 5 aromatic rings. The lowest BCUT2D eigenvalue weighted by Gasteiger charge is -2.35. The second-order valence-electron chi connectivity index (χ2n) is 16.4. The molecule has 0 unspecified atom stereocenters. The summed E-state index contributed by atoms with van der Waals surface area (Å²) >= 11 is 0. The van der Waals surface area contributed by atoms with Gasteiger partial charge in [0.15, 0.2) is 0 Å². The molecule has 3 fully saturated rings. The lowest BCUT2D eigenvalue weighted by Crippen LogP contribution is -2.51. The first-order valence-corrected chi connectivity index (χ1v) is 19.1. The number of nitrogens with one attached hydrogen (secondary N) is 3. The highest BCUT2D eigenvalue weighted by atomic mass is 16.6. The number of rotatable bonds is 7. The first-order chi connectivity index (χ1) is 25.9. The van der Waals surface area contributed by atoms with Gasteiger partial charge in [0.2, 0.25) is 5.91 Å². The largest absolute Gasteiger partial charge is 0.453 e. The highest BCUT2D eigenvalue weighted by Gasteiger charge is 2.51. The Morgan fingerprint density at radius 3 is 2.43 bits per heavy atom. The van der Waals surface area contributed by atoms with Crippen LogP contribution in [0.2, 0.25) is 0 Å². The molecule has 1 saturated carbocycles. The normalized spacial score (nSPS) is 21.7. The van der Waals surface area contributed by atoms with E-state index in [2.05, 4.69) is 63.8 Å². The van der Waals surface area contributed by atoms with Crippen LogP contribution in [-0.4, -0.2) is 79.2 Å². The van der Waals surface area contributed by atoms with E-state index < -0.39 is 17.7 Å². The van der Waals surface area contributed by atoms with Crippen molar-refractivity contribution in [1.29, 1.82) is 0 Å². The molecule has 2 saturated heterocycles. The highest BCUT2D eigenvalue weighted by molar-refractivity contribution is 6.05. The predicted octanol–water partition coefficient (Wildman–Crippen LogP) is 8.28. The molecule has 3 aliphatic rings. The van der Waals surface area contributed by atoms with Crippen LogP contribution in [0.15, 0.2) is 60.8 Å². The third kappa shape index (κ3) is 6.56. The zero-order chi connectivity index (χ0) is 37.9. The van der Waals surface area contributed by atoms with E-state index in [1.165, 1.54) is 7.11 Å². The second kappa shape index (κ2) is 13.8. The Hall–Kier alpha value is -5.39. The van der Waals surface area contributed by atoms with Crippen LogP contribution >= 0.6 is 0 Å². The van der Waals surface area contributed by atoms with Crippen molar-refractivity contribution in [3.63, 3.8) is 0 Å². The molecule has 0 radical (unpaired) electrons. The number of hydrogen-bond donors (Lipinski definition) is 3. The monoisotopic (exact) mass is 731 g/mol. The summed E-state index contributed by atoms with van der Waals surface area (Å²) in [7, 11) is 1.30. The number of piperidine rings is 1. The second-order valence-corrected chi connectivity index (χ2v) is 16.4. The predicted molar refractivity (Wildman–Crippen MR) is 206 cm³/mol. The maximum atomic E-state index is 13.7. The average molecular weight is 732 g/mol. The number of alkyl carbamates (subject to hydrolysis) is 1. The van der Waals surface area contributed by atoms with E-state index in [1.807, 2.05) is 56.7 Å². The Morgan fingerprint density at radius 1 is 0.926 bits per heavy atom. The Balaban J connectivity index is 1.00. The number of methoxy groups -OCH3 is 1. The highest BCUT2D eigenvalue weighted by Crippen LogP contribution is 2.50. The topological polar surface area (TPSA) is 146 Å². The van der Waals surface area contributed by atoms with Gasteiger partial charge in [-0.3, -0.25) is 9.69 Å². The fraction of sp³-hybridized carbons (Fsp3) is 0.452. The molecule has 3 aromatic carbocycles.